The Balaban J connectivity index is 4.01. The molecule has 2 atom stereocenters. The Bertz CT molecular complexity index is 1730. The molecule has 0 N–H and O–H groups in total. The highest BCUT2D eigenvalue weighted by Gasteiger charge is 2.22. The predicted octanol–water partition coefficient (Wildman–Crippen LogP) is 23.1. The highest BCUT2D eigenvalue weighted by molar-refractivity contribution is 7.45. The Labute approximate surface area is 532 Å². The Morgan fingerprint density at radius 2 is 0.663 bits per heavy atom. The normalized spacial score (nSPS) is 13.6. The molecule has 0 aromatic heterocycles. The monoisotopic (exact) mass is 1220 g/mol. The number of rotatable bonds is 67. The van der Waals surface area contributed by atoms with Gasteiger partial charge in [0.2, 0.25) is 0 Å². The van der Waals surface area contributed by atoms with Gasteiger partial charge in [0, 0.05) is 12.8 Å². The van der Waals surface area contributed by atoms with Gasteiger partial charge in [-0.2, -0.15) is 0 Å². The van der Waals surface area contributed by atoms with Gasteiger partial charge in [0.25, 0.3) is 7.82 Å². The fraction of sp³-hybridized carbons (Fsp3) is 0.789. The van der Waals surface area contributed by atoms with E-state index in [1.54, 1.807) is 0 Å². The third-order valence-electron chi connectivity index (χ3n) is 15.9. The maximum atomic E-state index is 12.9. The van der Waals surface area contributed by atoms with Crippen molar-refractivity contribution >= 4 is 19.8 Å². The van der Waals surface area contributed by atoms with Crippen LogP contribution >= 0.6 is 7.82 Å². The third-order valence-corrected chi connectivity index (χ3v) is 16.9. The fourth-order valence-electron chi connectivity index (χ4n) is 10.4. The van der Waals surface area contributed by atoms with Crippen molar-refractivity contribution in [2.45, 2.75) is 341 Å². The van der Waals surface area contributed by atoms with Gasteiger partial charge in [-0.15, -0.1) is 0 Å². The molecule has 0 aliphatic carbocycles. The molecule has 9 nitrogen and oxygen atoms in total. The number of phosphoric acid groups is 1. The summed E-state index contributed by atoms with van der Waals surface area (Å²) >= 11 is 0. The summed E-state index contributed by atoms with van der Waals surface area (Å²) in [6.45, 7) is 4.18. The molecule has 500 valence electrons. The van der Waals surface area contributed by atoms with Crippen molar-refractivity contribution in [2.24, 2.45) is 0 Å². The van der Waals surface area contributed by atoms with Crippen LogP contribution in [0.3, 0.4) is 0 Å². The van der Waals surface area contributed by atoms with E-state index in [4.69, 9.17) is 18.5 Å². The number of phosphoric ester groups is 1. The number of ether oxygens (including phenoxy) is 2. The first-order chi connectivity index (χ1) is 42.0. The molecule has 0 aromatic rings. The van der Waals surface area contributed by atoms with E-state index in [1.165, 1.54) is 218 Å². The number of unbranched alkanes of at least 4 members (excludes halogenated alkanes) is 39. The van der Waals surface area contributed by atoms with Crippen LogP contribution in [0.5, 0.6) is 0 Å². The number of hydrogen-bond donors (Lipinski definition) is 0. The van der Waals surface area contributed by atoms with Crippen molar-refractivity contribution in [2.75, 3.05) is 47.5 Å². The average Bonchev–Trinajstić information content (AvgIpc) is 3.67. The number of carbonyl (C=O) groups is 2. The van der Waals surface area contributed by atoms with E-state index in [1.807, 2.05) is 21.1 Å². The second kappa shape index (κ2) is 66.6. The lowest BCUT2D eigenvalue weighted by Crippen LogP contribution is -2.37. The van der Waals surface area contributed by atoms with Gasteiger partial charge < -0.3 is 27.9 Å². The molecule has 10 heteroatoms. The molecule has 0 rings (SSSR count). The van der Waals surface area contributed by atoms with Gasteiger partial charge in [0.05, 0.1) is 27.7 Å². The van der Waals surface area contributed by atoms with Crippen LogP contribution in [0.2, 0.25) is 0 Å². The van der Waals surface area contributed by atoms with Crippen LogP contribution < -0.4 is 4.89 Å². The molecule has 0 saturated carbocycles. The summed E-state index contributed by atoms with van der Waals surface area (Å²) in [5, 5.41) is 0. The molecule has 0 radical (unpaired) electrons. The predicted molar refractivity (Wildman–Crippen MR) is 369 cm³/mol. The highest BCUT2D eigenvalue weighted by Crippen LogP contribution is 2.38. The lowest BCUT2D eigenvalue weighted by Gasteiger charge is -2.28. The summed E-state index contributed by atoms with van der Waals surface area (Å²) in [5.74, 6) is -0.818. The number of esters is 2. The van der Waals surface area contributed by atoms with Gasteiger partial charge in [-0.05, 0) is 70.6 Å². The number of carbonyl (C=O) groups excluding carboxylic acids is 2. The van der Waals surface area contributed by atoms with Gasteiger partial charge in [0.15, 0.2) is 6.10 Å². The summed E-state index contributed by atoms with van der Waals surface area (Å²) in [7, 11) is 1.18. The lowest BCUT2D eigenvalue weighted by atomic mass is 10.0. The van der Waals surface area contributed by atoms with Crippen LogP contribution in [-0.2, 0) is 32.7 Å². The topological polar surface area (TPSA) is 111 Å². The molecular formula is C76H138NO8P. The molecule has 0 bridgehead atoms. The minimum Gasteiger partial charge on any atom is -0.756 e. The second-order valence-corrected chi connectivity index (χ2v) is 27.0. The molecule has 0 spiro atoms. The fourth-order valence-corrected chi connectivity index (χ4v) is 11.1. The third kappa shape index (κ3) is 70.3. The van der Waals surface area contributed by atoms with Crippen LogP contribution in [0.4, 0.5) is 0 Å². The van der Waals surface area contributed by atoms with Gasteiger partial charge in [0.1, 0.15) is 19.8 Å². The van der Waals surface area contributed by atoms with Gasteiger partial charge in [-0.25, -0.2) is 0 Å². The Kier molecular flexibility index (Phi) is 64.4. The van der Waals surface area contributed by atoms with E-state index in [0.29, 0.717) is 17.4 Å². The van der Waals surface area contributed by atoms with Crippen molar-refractivity contribution in [1.29, 1.82) is 0 Å². The summed E-state index contributed by atoms with van der Waals surface area (Å²) in [6, 6.07) is 0. The SMILES string of the molecule is CC/C=C\C/C=C\C/C=C\C/C=C\C/C=C\C/C=C\C/C=C\CCCCCCCCCCCCCCCCCC(=O)OC(COC(=O)CCCCCCCCCCCCCCCCCCCCCCCCCCC)COP(=O)([O-])OCC[N+](C)(C)C. The van der Waals surface area contributed by atoms with E-state index >= 15 is 0 Å². The largest absolute Gasteiger partial charge is 0.756 e. The number of allylic oxidation sites excluding steroid dienone is 14. The van der Waals surface area contributed by atoms with E-state index in [9.17, 15) is 19.0 Å². The van der Waals surface area contributed by atoms with E-state index in [-0.39, 0.29) is 32.0 Å². The number of nitrogens with zero attached hydrogens (tertiary/aromatic N) is 1. The summed E-state index contributed by atoms with van der Waals surface area (Å²) in [5.41, 5.74) is 0. The minimum atomic E-state index is -4.64. The smallest absolute Gasteiger partial charge is 0.306 e. The van der Waals surface area contributed by atoms with Gasteiger partial charge >= 0.3 is 11.9 Å². The maximum absolute atomic E-state index is 12.9. The first kappa shape index (κ1) is 83.2. The van der Waals surface area contributed by atoms with Gasteiger partial charge in [-0.3, -0.25) is 14.2 Å². The Hall–Kier alpha value is -2.81. The lowest BCUT2D eigenvalue weighted by molar-refractivity contribution is -0.870. The standard InChI is InChI=1S/C76H138NO8P/c1-6-8-10-12-14-16-18-20-22-24-26-28-30-32-33-34-35-36-37-38-39-40-41-42-43-45-47-49-51-53-55-57-59-61-63-65-67-69-76(79)85-74(73-84-86(80,81)83-71-70-77(3,4)5)72-82-75(78)68-66-64-62-60-58-56-54-52-50-48-46-44-31-29-27-25-23-21-19-17-15-13-11-9-7-2/h8,10,14,16,20,22,26,28,32-33,35-36,38-39,74H,6-7,9,11-13,15,17-19,21,23-25,27,29-31,34,37,40-73H2,1-5H3/b10-8-,16-14-,22-20-,28-26-,33-32-,36-35-,39-38-. The van der Waals surface area contributed by atoms with E-state index in [2.05, 4.69) is 98.9 Å². The van der Waals surface area contributed by atoms with Crippen LogP contribution in [-0.4, -0.2) is 70.0 Å². The van der Waals surface area contributed by atoms with E-state index in [0.717, 1.165) is 83.5 Å². The van der Waals surface area contributed by atoms with Crippen LogP contribution in [0.25, 0.3) is 0 Å². The second-order valence-electron chi connectivity index (χ2n) is 25.6. The molecule has 0 amide bonds. The van der Waals surface area contributed by atoms with Crippen molar-refractivity contribution in [3.63, 3.8) is 0 Å². The van der Waals surface area contributed by atoms with Crippen molar-refractivity contribution in [3.05, 3.63) is 85.1 Å². The molecule has 0 saturated heterocycles. The molecule has 0 aliphatic rings. The van der Waals surface area contributed by atoms with Crippen LogP contribution in [0.15, 0.2) is 85.1 Å². The maximum Gasteiger partial charge on any atom is 0.306 e. The average molecular weight is 1220 g/mol. The molecular weight excluding hydrogens is 1090 g/mol. The number of hydrogen-bond acceptors (Lipinski definition) is 8. The zero-order valence-corrected chi connectivity index (χ0v) is 57.9. The number of quaternary nitrogens is 1. The summed E-state index contributed by atoms with van der Waals surface area (Å²) in [4.78, 5) is 38.1. The summed E-state index contributed by atoms with van der Waals surface area (Å²) in [6.07, 6.45) is 91.0. The Morgan fingerprint density at radius 1 is 0.372 bits per heavy atom. The number of likely N-dealkylation sites (N-methyl/N-ethyl adjacent to an activating group) is 1. The van der Waals surface area contributed by atoms with Gasteiger partial charge in [-0.1, -0.05) is 336 Å². The van der Waals surface area contributed by atoms with Crippen molar-refractivity contribution in [3.8, 4) is 0 Å². The van der Waals surface area contributed by atoms with E-state index < -0.39 is 26.5 Å². The first-order valence-corrected chi connectivity index (χ1v) is 37.8. The molecule has 0 aliphatic heterocycles. The van der Waals surface area contributed by atoms with Crippen LogP contribution in [0.1, 0.15) is 335 Å². The molecule has 0 heterocycles. The summed E-state index contributed by atoms with van der Waals surface area (Å²) < 4.78 is 34.4. The quantitative estimate of drug-likeness (QED) is 0.0195. The minimum absolute atomic E-state index is 0.0308. The Morgan fingerprint density at radius 3 is 0.988 bits per heavy atom. The molecule has 0 aromatic carbocycles. The molecule has 0 fully saturated rings. The van der Waals surface area contributed by atoms with Crippen molar-refractivity contribution < 1.29 is 42.1 Å². The molecule has 2 unspecified atom stereocenters. The highest BCUT2D eigenvalue weighted by atomic mass is 31.2. The zero-order valence-electron chi connectivity index (χ0n) is 57.0. The van der Waals surface area contributed by atoms with Crippen molar-refractivity contribution in [1.82, 2.24) is 0 Å². The zero-order chi connectivity index (χ0) is 62.6. The molecule has 86 heavy (non-hydrogen) atoms. The van der Waals surface area contributed by atoms with Crippen LogP contribution in [0, 0.1) is 0 Å². The first-order valence-electron chi connectivity index (χ1n) is 36.3.